The van der Waals surface area contributed by atoms with Gasteiger partial charge in [0.1, 0.15) is 5.82 Å². The third-order valence-corrected chi connectivity index (χ3v) is 4.86. The first-order valence-corrected chi connectivity index (χ1v) is 7.50. The van der Waals surface area contributed by atoms with Crippen LogP contribution in [-0.2, 0) is 6.42 Å². The molecule has 0 saturated heterocycles. The Balaban J connectivity index is 2.06. The summed E-state index contributed by atoms with van der Waals surface area (Å²) in [6.45, 7) is 6.87. The Morgan fingerprint density at radius 1 is 1.20 bits per heavy atom. The fourth-order valence-corrected chi connectivity index (χ4v) is 3.36. The van der Waals surface area contributed by atoms with Crippen LogP contribution < -0.4 is 0 Å². The van der Waals surface area contributed by atoms with E-state index in [1.54, 1.807) is 0 Å². The van der Waals surface area contributed by atoms with Crippen molar-refractivity contribution in [3.8, 4) is 6.07 Å². The minimum atomic E-state index is -0.250. The lowest BCUT2D eigenvalue weighted by Gasteiger charge is -2.40. The highest BCUT2D eigenvalue weighted by molar-refractivity contribution is 5.20. The Bertz CT molecular complexity index is 482. The second kappa shape index (κ2) is 5.56. The van der Waals surface area contributed by atoms with Crippen molar-refractivity contribution in [3.63, 3.8) is 0 Å². The first kappa shape index (κ1) is 15.0. The van der Waals surface area contributed by atoms with Crippen molar-refractivity contribution < 1.29 is 4.39 Å². The Morgan fingerprint density at radius 3 is 2.20 bits per heavy atom. The molecule has 0 heterocycles. The summed E-state index contributed by atoms with van der Waals surface area (Å²) in [5.74, 6) is 0.494. The van der Waals surface area contributed by atoms with E-state index < -0.39 is 0 Å². The molecule has 2 rings (SSSR count). The molecule has 0 spiro atoms. The third kappa shape index (κ3) is 3.39. The van der Waals surface area contributed by atoms with E-state index in [9.17, 15) is 9.65 Å². The van der Waals surface area contributed by atoms with E-state index in [-0.39, 0.29) is 11.2 Å². The SMILES string of the molecule is CC(C)(C)C1CCC(C#N)(Cc2ccc(F)cc2)CC1. The van der Waals surface area contributed by atoms with E-state index in [1.165, 1.54) is 12.1 Å². The Morgan fingerprint density at radius 2 is 1.75 bits per heavy atom. The molecular weight excluding hydrogens is 249 g/mol. The van der Waals surface area contributed by atoms with Gasteiger partial charge < -0.3 is 0 Å². The highest BCUT2D eigenvalue weighted by atomic mass is 19.1. The Kier molecular flexibility index (Phi) is 4.18. The van der Waals surface area contributed by atoms with E-state index in [2.05, 4.69) is 26.8 Å². The second-order valence-electron chi connectivity index (χ2n) is 7.34. The number of nitrogens with zero attached hydrogens (tertiary/aromatic N) is 1. The molecule has 1 aliphatic rings. The minimum Gasteiger partial charge on any atom is -0.207 e. The normalized spacial score (nSPS) is 27.1. The Labute approximate surface area is 121 Å². The molecule has 108 valence electrons. The van der Waals surface area contributed by atoms with Crippen molar-refractivity contribution >= 4 is 0 Å². The van der Waals surface area contributed by atoms with E-state index >= 15 is 0 Å². The average Bonchev–Trinajstić information content (AvgIpc) is 2.41. The van der Waals surface area contributed by atoms with Gasteiger partial charge in [-0.25, -0.2) is 4.39 Å². The molecular formula is C18H24FN. The quantitative estimate of drug-likeness (QED) is 0.734. The molecule has 0 aliphatic heterocycles. The monoisotopic (exact) mass is 273 g/mol. The molecule has 0 amide bonds. The smallest absolute Gasteiger partial charge is 0.123 e. The Hall–Kier alpha value is -1.36. The number of rotatable bonds is 2. The van der Waals surface area contributed by atoms with Crippen LogP contribution in [0.15, 0.2) is 24.3 Å². The maximum Gasteiger partial charge on any atom is 0.123 e. The van der Waals surface area contributed by atoms with Gasteiger partial charge in [-0.1, -0.05) is 32.9 Å². The lowest BCUT2D eigenvalue weighted by molar-refractivity contribution is 0.120. The van der Waals surface area contributed by atoms with Gasteiger partial charge in [0.15, 0.2) is 0 Å². The molecule has 1 fully saturated rings. The first-order chi connectivity index (χ1) is 9.35. The summed E-state index contributed by atoms with van der Waals surface area (Å²) >= 11 is 0. The summed E-state index contributed by atoms with van der Waals surface area (Å²) in [4.78, 5) is 0. The van der Waals surface area contributed by atoms with E-state index in [0.29, 0.717) is 11.3 Å². The lowest BCUT2D eigenvalue weighted by atomic mass is 9.63. The van der Waals surface area contributed by atoms with Crippen LogP contribution in [0.2, 0.25) is 0 Å². The van der Waals surface area contributed by atoms with Crippen molar-refractivity contribution in [3.05, 3.63) is 35.6 Å². The molecule has 0 atom stereocenters. The highest BCUT2D eigenvalue weighted by Gasteiger charge is 2.38. The molecule has 1 nitrogen and oxygen atoms in total. The van der Waals surface area contributed by atoms with Crippen molar-refractivity contribution in [1.82, 2.24) is 0 Å². The van der Waals surface area contributed by atoms with Gasteiger partial charge in [0, 0.05) is 0 Å². The topological polar surface area (TPSA) is 23.8 Å². The molecule has 2 heteroatoms. The van der Waals surface area contributed by atoms with Crippen molar-refractivity contribution in [1.29, 1.82) is 5.26 Å². The number of hydrogen-bond acceptors (Lipinski definition) is 1. The van der Waals surface area contributed by atoms with Gasteiger partial charge in [-0.3, -0.25) is 0 Å². The predicted molar refractivity (Wildman–Crippen MR) is 79.6 cm³/mol. The zero-order valence-electron chi connectivity index (χ0n) is 12.7. The van der Waals surface area contributed by atoms with Crippen molar-refractivity contribution in [2.45, 2.75) is 52.9 Å². The fourth-order valence-electron chi connectivity index (χ4n) is 3.36. The van der Waals surface area contributed by atoms with Crippen LogP contribution in [0, 0.1) is 33.9 Å². The van der Waals surface area contributed by atoms with E-state index in [0.717, 1.165) is 37.7 Å². The summed E-state index contributed by atoms with van der Waals surface area (Å²) in [6.07, 6.45) is 4.92. The first-order valence-electron chi connectivity index (χ1n) is 7.50. The maximum atomic E-state index is 13.0. The van der Waals surface area contributed by atoms with E-state index in [1.807, 2.05) is 12.1 Å². The zero-order valence-corrected chi connectivity index (χ0v) is 12.7. The number of nitriles is 1. The van der Waals surface area contributed by atoms with Gasteiger partial charge in [0.2, 0.25) is 0 Å². The molecule has 1 aliphatic carbocycles. The molecule has 20 heavy (non-hydrogen) atoms. The number of benzene rings is 1. The van der Waals surface area contributed by atoms with Crippen LogP contribution in [0.4, 0.5) is 4.39 Å². The van der Waals surface area contributed by atoms with Gasteiger partial charge in [-0.15, -0.1) is 0 Å². The molecule has 0 bridgehead atoms. The van der Waals surface area contributed by atoms with Crippen LogP contribution >= 0.6 is 0 Å². The second-order valence-corrected chi connectivity index (χ2v) is 7.34. The molecule has 1 aromatic carbocycles. The highest BCUT2D eigenvalue weighted by Crippen LogP contribution is 2.46. The third-order valence-electron chi connectivity index (χ3n) is 4.86. The van der Waals surface area contributed by atoms with Crippen LogP contribution in [0.3, 0.4) is 0 Å². The molecule has 1 saturated carbocycles. The van der Waals surface area contributed by atoms with Gasteiger partial charge in [0.05, 0.1) is 11.5 Å². The molecule has 0 N–H and O–H groups in total. The molecule has 0 unspecified atom stereocenters. The predicted octanol–water partition coefficient (Wildman–Crippen LogP) is 5.11. The lowest BCUT2D eigenvalue weighted by Crippen LogP contribution is -2.33. The van der Waals surface area contributed by atoms with E-state index in [4.69, 9.17) is 0 Å². The van der Waals surface area contributed by atoms with Crippen LogP contribution in [0.5, 0.6) is 0 Å². The standard InChI is InChI=1S/C18H24FN/c1-17(2,3)15-8-10-18(13-20,11-9-15)12-14-4-6-16(19)7-5-14/h4-7,15H,8-12H2,1-3H3. The minimum absolute atomic E-state index is 0.212. The average molecular weight is 273 g/mol. The van der Waals surface area contributed by atoms with Crippen LogP contribution in [0.25, 0.3) is 0 Å². The summed E-state index contributed by atoms with van der Waals surface area (Å²) in [5, 5.41) is 9.62. The van der Waals surface area contributed by atoms with Gasteiger partial charge in [0.25, 0.3) is 0 Å². The van der Waals surface area contributed by atoms with Crippen molar-refractivity contribution in [2.75, 3.05) is 0 Å². The van der Waals surface area contributed by atoms with Gasteiger partial charge in [-0.2, -0.15) is 5.26 Å². The van der Waals surface area contributed by atoms with Gasteiger partial charge in [-0.05, 0) is 61.1 Å². The molecule has 0 radical (unpaired) electrons. The van der Waals surface area contributed by atoms with Crippen LogP contribution in [-0.4, -0.2) is 0 Å². The van der Waals surface area contributed by atoms with Crippen LogP contribution in [0.1, 0.15) is 52.0 Å². The molecule has 0 aromatic heterocycles. The zero-order chi connectivity index (χ0) is 14.8. The fraction of sp³-hybridized carbons (Fsp3) is 0.611. The summed E-state index contributed by atoms with van der Waals surface area (Å²) in [7, 11) is 0. The van der Waals surface area contributed by atoms with Crippen molar-refractivity contribution in [2.24, 2.45) is 16.7 Å². The molecule has 1 aromatic rings. The summed E-state index contributed by atoms with van der Waals surface area (Å²) in [5.41, 5.74) is 1.15. The number of hydrogen-bond donors (Lipinski definition) is 0. The number of halogens is 1. The summed E-state index contributed by atoms with van der Waals surface area (Å²) < 4.78 is 13.0. The van der Waals surface area contributed by atoms with Gasteiger partial charge >= 0.3 is 0 Å². The largest absolute Gasteiger partial charge is 0.207 e. The maximum absolute atomic E-state index is 13.0. The summed E-state index contributed by atoms with van der Waals surface area (Å²) in [6, 6.07) is 9.15.